The first-order valence-corrected chi connectivity index (χ1v) is 7.76. The molecule has 2 aliphatic rings. The predicted molar refractivity (Wildman–Crippen MR) is 81.6 cm³/mol. The Labute approximate surface area is 124 Å². The van der Waals surface area contributed by atoms with Gasteiger partial charge in [-0.3, -0.25) is 4.90 Å². The Morgan fingerprint density at radius 2 is 2.10 bits per heavy atom. The molecule has 0 spiro atoms. The van der Waals surface area contributed by atoms with Gasteiger partial charge in [0.1, 0.15) is 0 Å². The van der Waals surface area contributed by atoms with Crippen molar-refractivity contribution in [3.05, 3.63) is 35.5 Å². The summed E-state index contributed by atoms with van der Waals surface area (Å²) in [5, 5.41) is 1.21. The summed E-state index contributed by atoms with van der Waals surface area (Å²) in [4.78, 5) is 14.9. The maximum Gasteiger partial charge on any atom is 0.418 e. The Hall–Kier alpha value is -1.81. The van der Waals surface area contributed by atoms with Crippen LogP contribution in [0.2, 0.25) is 0 Å². The third-order valence-electron chi connectivity index (χ3n) is 4.96. The monoisotopic (exact) mass is 284 g/mol. The van der Waals surface area contributed by atoms with Crippen molar-refractivity contribution in [3.8, 4) is 0 Å². The minimum absolute atomic E-state index is 0.264. The van der Waals surface area contributed by atoms with Gasteiger partial charge in [-0.15, -0.1) is 0 Å². The van der Waals surface area contributed by atoms with Gasteiger partial charge in [-0.05, 0) is 37.4 Å². The second-order valence-corrected chi connectivity index (χ2v) is 5.98. The SMILES string of the molecule is COC(=O)n1c2c(c3ccccc31)CCN1CCCCC21. The van der Waals surface area contributed by atoms with Crippen LogP contribution in [0.4, 0.5) is 4.79 Å². The zero-order chi connectivity index (χ0) is 14.4. The van der Waals surface area contributed by atoms with Crippen LogP contribution in [-0.4, -0.2) is 35.8 Å². The lowest BCUT2D eigenvalue weighted by Crippen LogP contribution is -2.40. The number of carbonyl (C=O) groups excluding carboxylic acids is 1. The highest BCUT2D eigenvalue weighted by Crippen LogP contribution is 2.41. The number of aromatic nitrogens is 1. The summed E-state index contributed by atoms with van der Waals surface area (Å²) < 4.78 is 6.87. The molecule has 0 amide bonds. The molecule has 0 saturated carbocycles. The highest BCUT2D eigenvalue weighted by molar-refractivity contribution is 5.94. The van der Waals surface area contributed by atoms with Crippen LogP contribution in [0.15, 0.2) is 24.3 Å². The number of rotatable bonds is 0. The van der Waals surface area contributed by atoms with Crippen LogP contribution in [0.1, 0.15) is 36.6 Å². The molecule has 1 aromatic carbocycles. The lowest BCUT2D eigenvalue weighted by atomic mass is 9.91. The number of nitrogens with zero attached hydrogens (tertiary/aromatic N) is 2. The van der Waals surface area contributed by atoms with E-state index in [1.54, 1.807) is 0 Å². The molecule has 4 heteroatoms. The van der Waals surface area contributed by atoms with Gasteiger partial charge in [0.15, 0.2) is 0 Å². The van der Waals surface area contributed by atoms with E-state index >= 15 is 0 Å². The first-order valence-electron chi connectivity index (χ1n) is 7.76. The van der Waals surface area contributed by atoms with E-state index in [9.17, 15) is 4.79 Å². The average Bonchev–Trinajstić information content (AvgIpc) is 2.89. The van der Waals surface area contributed by atoms with E-state index < -0.39 is 0 Å². The molecule has 4 rings (SSSR count). The lowest BCUT2D eigenvalue weighted by molar-refractivity contribution is 0.128. The summed E-state index contributed by atoms with van der Waals surface area (Å²) in [6.07, 6.45) is 4.41. The van der Waals surface area contributed by atoms with Crippen LogP contribution >= 0.6 is 0 Å². The van der Waals surface area contributed by atoms with Crippen molar-refractivity contribution in [1.29, 1.82) is 0 Å². The summed E-state index contributed by atoms with van der Waals surface area (Å²) in [6.45, 7) is 2.25. The number of piperidine rings is 1. The number of methoxy groups -OCH3 is 1. The molecule has 0 radical (unpaired) electrons. The van der Waals surface area contributed by atoms with Gasteiger partial charge in [0, 0.05) is 11.9 Å². The van der Waals surface area contributed by atoms with Crippen molar-refractivity contribution in [1.82, 2.24) is 9.47 Å². The molecule has 1 atom stereocenters. The zero-order valence-corrected chi connectivity index (χ0v) is 12.3. The molecule has 1 fully saturated rings. The molecule has 110 valence electrons. The topological polar surface area (TPSA) is 34.5 Å². The van der Waals surface area contributed by atoms with Crippen LogP contribution in [0.5, 0.6) is 0 Å². The Morgan fingerprint density at radius 1 is 1.24 bits per heavy atom. The lowest BCUT2D eigenvalue weighted by Gasteiger charge is -2.39. The van der Waals surface area contributed by atoms with E-state index in [4.69, 9.17) is 4.74 Å². The van der Waals surface area contributed by atoms with Gasteiger partial charge in [-0.25, -0.2) is 9.36 Å². The minimum atomic E-state index is -0.264. The number of hydrogen-bond acceptors (Lipinski definition) is 3. The number of benzene rings is 1. The van der Waals surface area contributed by atoms with E-state index in [1.807, 2.05) is 16.7 Å². The van der Waals surface area contributed by atoms with Crippen LogP contribution in [0, 0.1) is 0 Å². The third kappa shape index (κ3) is 1.82. The average molecular weight is 284 g/mol. The van der Waals surface area contributed by atoms with Crippen molar-refractivity contribution in [3.63, 3.8) is 0 Å². The van der Waals surface area contributed by atoms with Crippen molar-refractivity contribution < 1.29 is 9.53 Å². The van der Waals surface area contributed by atoms with E-state index in [0.29, 0.717) is 6.04 Å². The van der Waals surface area contributed by atoms with Crippen LogP contribution < -0.4 is 0 Å². The van der Waals surface area contributed by atoms with Crippen LogP contribution in [0.25, 0.3) is 10.9 Å². The first kappa shape index (κ1) is 12.9. The fourth-order valence-electron chi connectivity index (χ4n) is 4.05. The van der Waals surface area contributed by atoms with Crippen LogP contribution in [-0.2, 0) is 11.2 Å². The van der Waals surface area contributed by atoms with Gasteiger partial charge in [-0.2, -0.15) is 0 Å². The number of ether oxygens (including phenoxy) is 1. The van der Waals surface area contributed by atoms with Crippen LogP contribution in [0.3, 0.4) is 0 Å². The Balaban J connectivity index is 1.99. The Kier molecular flexibility index (Phi) is 3.00. The maximum atomic E-state index is 12.4. The van der Waals surface area contributed by atoms with Gasteiger partial charge < -0.3 is 4.74 Å². The molecule has 1 aromatic heterocycles. The van der Waals surface area contributed by atoms with Crippen molar-refractivity contribution in [2.24, 2.45) is 0 Å². The van der Waals surface area contributed by atoms with Crippen molar-refractivity contribution in [2.75, 3.05) is 20.2 Å². The number of hydrogen-bond donors (Lipinski definition) is 0. The van der Waals surface area contributed by atoms with Gasteiger partial charge in [0.2, 0.25) is 0 Å². The molecule has 0 bridgehead atoms. The molecule has 3 heterocycles. The highest BCUT2D eigenvalue weighted by Gasteiger charge is 2.35. The molecule has 1 unspecified atom stereocenters. The van der Waals surface area contributed by atoms with Gasteiger partial charge >= 0.3 is 6.09 Å². The summed E-state index contributed by atoms with van der Waals surface area (Å²) >= 11 is 0. The Morgan fingerprint density at radius 3 is 2.95 bits per heavy atom. The zero-order valence-electron chi connectivity index (χ0n) is 12.3. The van der Waals surface area contributed by atoms with Gasteiger partial charge in [0.25, 0.3) is 0 Å². The summed E-state index contributed by atoms with van der Waals surface area (Å²) in [5.41, 5.74) is 3.51. The standard InChI is InChI=1S/C17H20N2O2/c1-21-17(20)19-14-7-3-2-6-12(14)13-9-11-18-10-5-4-8-15(18)16(13)19/h2-3,6-7,15H,4-5,8-11H2,1H3. The summed E-state index contributed by atoms with van der Waals surface area (Å²) in [7, 11) is 1.46. The number of para-hydroxylation sites is 1. The smallest absolute Gasteiger partial charge is 0.418 e. The van der Waals surface area contributed by atoms with E-state index in [1.165, 1.54) is 36.6 Å². The predicted octanol–water partition coefficient (Wildman–Crippen LogP) is 3.34. The van der Waals surface area contributed by atoms with Gasteiger partial charge in [0.05, 0.1) is 24.4 Å². The molecular formula is C17H20N2O2. The van der Waals surface area contributed by atoms with Crippen molar-refractivity contribution in [2.45, 2.75) is 31.7 Å². The quantitative estimate of drug-likeness (QED) is 0.744. The molecule has 4 nitrogen and oxygen atoms in total. The largest absolute Gasteiger partial charge is 0.452 e. The van der Waals surface area contributed by atoms with E-state index in [2.05, 4.69) is 17.0 Å². The molecule has 2 aliphatic heterocycles. The normalized spacial score (nSPS) is 21.9. The second-order valence-electron chi connectivity index (χ2n) is 5.98. The van der Waals surface area contributed by atoms with E-state index in [0.717, 1.165) is 31.4 Å². The Bertz CT molecular complexity index is 704. The molecular weight excluding hydrogens is 264 g/mol. The second kappa shape index (κ2) is 4.88. The molecule has 0 aliphatic carbocycles. The molecule has 0 N–H and O–H groups in total. The van der Waals surface area contributed by atoms with E-state index in [-0.39, 0.29) is 6.09 Å². The first-order chi connectivity index (χ1) is 10.3. The number of carbonyl (C=O) groups is 1. The fourth-order valence-corrected chi connectivity index (χ4v) is 4.05. The molecule has 21 heavy (non-hydrogen) atoms. The summed E-state index contributed by atoms with van der Waals surface area (Å²) in [5.74, 6) is 0. The van der Waals surface area contributed by atoms with Crippen molar-refractivity contribution >= 4 is 17.0 Å². The number of fused-ring (bicyclic) bond motifs is 5. The van der Waals surface area contributed by atoms with Gasteiger partial charge in [-0.1, -0.05) is 24.6 Å². The minimum Gasteiger partial charge on any atom is -0.452 e. The fraction of sp³-hybridized carbons (Fsp3) is 0.471. The third-order valence-corrected chi connectivity index (χ3v) is 4.96. The molecule has 1 saturated heterocycles. The summed E-state index contributed by atoms with van der Waals surface area (Å²) in [6, 6.07) is 8.57. The highest BCUT2D eigenvalue weighted by atomic mass is 16.5. The maximum absolute atomic E-state index is 12.4. The molecule has 2 aromatic rings.